The van der Waals surface area contributed by atoms with Gasteiger partial charge in [0.1, 0.15) is 0 Å². The van der Waals surface area contributed by atoms with Gasteiger partial charge in [0.2, 0.25) is 11.6 Å². The van der Waals surface area contributed by atoms with Gasteiger partial charge in [-0.15, -0.1) is 5.10 Å². The Morgan fingerprint density at radius 3 is 2.64 bits per heavy atom. The molecule has 3 atom stereocenters. The highest BCUT2D eigenvalue weighted by Crippen LogP contribution is 2.46. The summed E-state index contributed by atoms with van der Waals surface area (Å²) >= 11 is 0. The Kier molecular flexibility index (Phi) is 3.58. The van der Waals surface area contributed by atoms with Crippen molar-refractivity contribution in [1.82, 2.24) is 14.8 Å². The number of Topliss-reactive ketones (excluding diaryl/α,β-unsaturated/α-hetero) is 1. The molecule has 0 aliphatic carbocycles. The van der Waals surface area contributed by atoms with Crippen LogP contribution in [-0.4, -0.2) is 32.8 Å². The highest BCUT2D eigenvalue weighted by atomic mass is 19.1. The van der Waals surface area contributed by atoms with Crippen LogP contribution in [0.3, 0.4) is 0 Å². The fraction of sp³-hybridized carbons (Fsp3) is 0.526. The number of hydrogen-bond acceptors (Lipinski definition) is 4. The molecule has 0 spiro atoms. The maximum absolute atomic E-state index is 14.5. The molecule has 1 aromatic heterocycles. The third-order valence-corrected chi connectivity index (χ3v) is 5.95. The van der Waals surface area contributed by atoms with Gasteiger partial charge >= 0.3 is 0 Å². The average molecular weight is 343 g/mol. The van der Waals surface area contributed by atoms with Crippen LogP contribution in [0.4, 0.5) is 4.39 Å². The van der Waals surface area contributed by atoms with Crippen LogP contribution in [-0.2, 0) is 4.74 Å². The van der Waals surface area contributed by atoms with E-state index in [1.54, 1.807) is 4.68 Å². The summed E-state index contributed by atoms with van der Waals surface area (Å²) in [5.74, 6) is 0.174. The third kappa shape index (κ3) is 2.34. The van der Waals surface area contributed by atoms with Gasteiger partial charge in [0.25, 0.3) is 0 Å². The van der Waals surface area contributed by atoms with Gasteiger partial charge in [0.15, 0.2) is 12.0 Å². The van der Waals surface area contributed by atoms with E-state index in [0.29, 0.717) is 19.4 Å². The Morgan fingerprint density at radius 2 is 2.00 bits per heavy atom. The lowest BCUT2D eigenvalue weighted by molar-refractivity contribution is -0.0169. The number of ether oxygens (including phenoxy) is 1. The van der Waals surface area contributed by atoms with E-state index < -0.39 is 17.2 Å². The standard InChI is InChI=1S/C19H22FN3O2/c1-18(2)19(3,9-10-25-18)15(24)16-21-17-13(20)11-14(23(17)22-16)12-7-5-4-6-8-12/h4-8,13-14H,9-11H2,1-3H3. The second-order valence-electron chi connectivity index (χ2n) is 7.64. The molecule has 0 radical (unpaired) electrons. The van der Waals surface area contributed by atoms with Crippen LogP contribution in [0.5, 0.6) is 0 Å². The molecule has 0 amide bonds. The van der Waals surface area contributed by atoms with Crippen molar-refractivity contribution in [1.29, 1.82) is 0 Å². The fourth-order valence-corrected chi connectivity index (χ4v) is 3.83. The van der Waals surface area contributed by atoms with E-state index in [-0.39, 0.29) is 23.5 Å². The molecule has 132 valence electrons. The Hall–Kier alpha value is -2.08. The summed E-state index contributed by atoms with van der Waals surface area (Å²) in [5.41, 5.74) is -0.319. The lowest BCUT2D eigenvalue weighted by Crippen LogP contribution is -2.44. The highest BCUT2D eigenvalue weighted by molar-refractivity contribution is 5.98. The number of benzene rings is 1. The SMILES string of the molecule is CC1(C)OCCC1(C)C(=O)c1nc2n(n1)C(c1ccccc1)CC2F. The Labute approximate surface area is 146 Å². The highest BCUT2D eigenvalue weighted by Gasteiger charge is 2.53. The summed E-state index contributed by atoms with van der Waals surface area (Å²) in [5, 5.41) is 4.41. The van der Waals surface area contributed by atoms with E-state index in [4.69, 9.17) is 4.74 Å². The van der Waals surface area contributed by atoms with Crippen molar-refractivity contribution in [2.75, 3.05) is 6.61 Å². The molecular weight excluding hydrogens is 321 g/mol. The second-order valence-corrected chi connectivity index (χ2v) is 7.64. The molecule has 4 rings (SSSR count). The van der Waals surface area contributed by atoms with Gasteiger partial charge in [-0.25, -0.2) is 14.1 Å². The van der Waals surface area contributed by atoms with Crippen LogP contribution in [0.2, 0.25) is 0 Å². The quantitative estimate of drug-likeness (QED) is 0.798. The number of halogens is 1. The maximum Gasteiger partial charge on any atom is 0.218 e. The van der Waals surface area contributed by atoms with E-state index in [1.165, 1.54) is 0 Å². The molecule has 6 heteroatoms. The van der Waals surface area contributed by atoms with Gasteiger partial charge in [-0.1, -0.05) is 30.3 Å². The number of nitrogens with zero attached hydrogens (tertiary/aromatic N) is 3. The molecule has 0 bridgehead atoms. The first-order chi connectivity index (χ1) is 11.8. The minimum absolute atomic E-state index is 0.0966. The molecule has 25 heavy (non-hydrogen) atoms. The summed E-state index contributed by atoms with van der Waals surface area (Å²) in [4.78, 5) is 17.4. The molecule has 2 aliphatic rings. The number of fused-ring (bicyclic) bond motifs is 1. The van der Waals surface area contributed by atoms with Crippen molar-refractivity contribution in [3.05, 3.63) is 47.5 Å². The van der Waals surface area contributed by atoms with Crippen molar-refractivity contribution in [3.8, 4) is 0 Å². The Balaban J connectivity index is 1.71. The first-order valence-corrected chi connectivity index (χ1v) is 8.68. The first kappa shape index (κ1) is 16.4. The van der Waals surface area contributed by atoms with Crippen LogP contribution in [0.25, 0.3) is 0 Å². The summed E-state index contributed by atoms with van der Waals surface area (Å²) in [6.45, 7) is 6.23. The molecular formula is C19H22FN3O2. The molecule has 1 fully saturated rings. The summed E-state index contributed by atoms with van der Waals surface area (Å²) < 4.78 is 21.8. The second kappa shape index (κ2) is 5.46. The molecule has 5 nitrogen and oxygen atoms in total. The number of ketones is 1. The van der Waals surface area contributed by atoms with Crippen LogP contribution in [0.1, 0.15) is 67.8 Å². The van der Waals surface area contributed by atoms with E-state index in [9.17, 15) is 9.18 Å². The fourth-order valence-electron chi connectivity index (χ4n) is 3.83. The summed E-state index contributed by atoms with van der Waals surface area (Å²) in [6, 6.07) is 9.44. The zero-order valence-electron chi connectivity index (χ0n) is 14.7. The van der Waals surface area contributed by atoms with E-state index >= 15 is 0 Å². The topological polar surface area (TPSA) is 57.0 Å². The van der Waals surface area contributed by atoms with Crippen molar-refractivity contribution in [2.45, 2.75) is 51.4 Å². The van der Waals surface area contributed by atoms with Gasteiger partial charge in [-0.3, -0.25) is 4.79 Å². The van der Waals surface area contributed by atoms with Gasteiger partial charge in [-0.2, -0.15) is 0 Å². The Bertz CT molecular complexity index is 817. The molecule has 0 saturated carbocycles. The van der Waals surface area contributed by atoms with Crippen molar-refractivity contribution in [3.63, 3.8) is 0 Å². The van der Waals surface area contributed by atoms with E-state index in [2.05, 4.69) is 10.1 Å². The van der Waals surface area contributed by atoms with E-state index in [1.807, 2.05) is 51.1 Å². The molecule has 3 heterocycles. The average Bonchev–Trinajstić information content (AvgIpc) is 3.23. The van der Waals surface area contributed by atoms with Crippen LogP contribution < -0.4 is 0 Å². The zero-order chi connectivity index (χ0) is 17.8. The number of rotatable bonds is 3. The monoisotopic (exact) mass is 343 g/mol. The summed E-state index contributed by atoms with van der Waals surface area (Å²) in [6.07, 6.45) is -0.288. The smallest absolute Gasteiger partial charge is 0.218 e. The summed E-state index contributed by atoms with van der Waals surface area (Å²) in [7, 11) is 0. The minimum Gasteiger partial charge on any atom is -0.374 e. The van der Waals surface area contributed by atoms with Gasteiger partial charge in [-0.05, 0) is 32.8 Å². The van der Waals surface area contributed by atoms with Gasteiger partial charge in [0, 0.05) is 13.0 Å². The third-order valence-electron chi connectivity index (χ3n) is 5.95. The van der Waals surface area contributed by atoms with Crippen LogP contribution in [0, 0.1) is 5.41 Å². The maximum atomic E-state index is 14.5. The molecule has 1 aromatic carbocycles. The minimum atomic E-state index is -1.21. The van der Waals surface area contributed by atoms with Crippen molar-refractivity contribution < 1.29 is 13.9 Å². The van der Waals surface area contributed by atoms with Crippen molar-refractivity contribution >= 4 is 5.78 Å². The van der Waals surface area contributed by atoms with Gasteiger partial charge < -0.3 is 4.74 Å². The van der Waals surface area contributed by atoms with Gasteiger partial charge in [0.05, 0.1) is 17.1 Å². The lowest BCUT2D eigenvalue weighted by Gasteiger charge is -2.34. The number of alkyl halides is 1. The zero-order valence-corrected chi connectivity index (χ0v) is 14.7. The number of carbonyl (C=O) groups is 1. The van der Waals surface area contributed by atoms with E-state index in [0.717, 1.165) is 5.56 Å². The number of aromatic nitrogens is 3. The normalized spacial score (nSPS) is 30.4. The first-order valence-electron chi connectivity index (χ1n) is 8.68. The lowest BCUT2D eigenvalue weighted by atomic mass is 9.71. The largest absolute Gasteiger partial charge is 0.374 e. The van der Waals surface area contributed by atoms with Crippen LogP contribution in [0.15, 0.2) is 30.3 Å². The number of hydrogen-bond donors (Lipinski definition) is 0. The van der Waals surface area contributed by atoms with Crippen molar-refractivity contribution in [2.24, 2.45) is 5.41 Å². The predicted molar refractivity (Wildman–Crippen MR) is 90.2 cm³/mol. The molecule has 0 N–H and O–H groups in total. The number of carbonyl (C=O) groups excluding carboxylic acids is 1. The molecule has 2 aromatic rings. The predicted octanol–water partition coefficient (Wildman–Crippen LogP) is 3.67. The van der Waals surface area contributed by atoms with Crippen LogP contribution >= 0.6 is 0 Å². The molecule has 1 saturated heterocycles. The Morgan fingerprint density at radius 1 is 1.28 bits per heavy atom. The molecule has 2 aliphatic heterocycles. The molecule has 3 unspecified atom stereocenters.